The average molecular weight is 297 g/mol. The third kappa shape index (κ3) is 4.59. The van der Waals surface area contributed by atoms with Gasteiger partial charge < -0.3 is 15.7 Å². The molecule has 2 amide bonds. The first kappa shape index (κ1) is 16.1. The maximum absolute atomic E-state index is 11.8. The number of carbonyl (C=O) groups excluding carboxylic acids is 1. The van der Waals surface area contributed by atoms with Crippen LogP contribution in [0.3, 0.4) is 0 Å². The number of nitrogens with one attached hydrogen (secondary N) is 2. The van der Waals surface area contributed by atoms with E-state index in [4.69, 9.17) is 5.11 Å². The Morgan fingerprint density at radius 2 is 1.90 bits per heavy atom. The summed E-state index contributed by atoms with van der Waals surface area (Å²) in [4.78, 5) is 24.5. The molecule has 6 nitrogen and oxygen atoms in total. The number of amides is 2. The summed E-state index contributed by atoms with van der Waals surface area (Å²) in [6.45, 7) is 5.75. The highest BCUT2D eigenvalue weighted by Gasteiger charge is 2.36. The van der Waals surface area contributed by atoms with Gasteiger partial charge in [0.15, 0.2) is 0 Å². The largest absolute Gasteiger partial charge is 0.480 e. The number of aliphatic carboxylic acids is 1. The molecule has 2 aliphatic rings. The van der Waals surface area contributed by atoms with Gasteiger partial charge in [-0.2, -0.15) is 0 Å². The lowest BCUT2D eigenvalue weighted by Crippen LogP contribution is -2.56. The quantitative estimate of drug-likeness (QED) is 0.630. The predicted molar refractivity (Wildman–Crippen MR) is 80.1 cm³/mol. The van der Waals surface area contributed by atoms with Crippen molar-refractivity contribution in [2.24, 2.45) is 11.8 Å². The number of carboxylic acids is 1. The zero-order chi connectivity index (χ0) is 15.4. The Kier molecular flexibility index (Phi) is 5.45. The van der Waals surface area contributed by atoms with E-state index in [1.807, 2.05) is 11.8 Å². The molecule has 2 aliphatic carbocycles. The second-order valence-electron chi connectivity index (χ2n) is 6.30. The summed E-state index contributed by atoms with van der Waals surface area (Å²) in [5, 5.41) is 14.8. The van der Waals surface area contributed by atoms with Crippen LogP contribution in [0.4, 0.5) is 4.79 Å². The van der Waals surface area contributed by atoms with E-state index in [2.05, 4.69) is 17.6 Å². The average Bonchev–Trinajstić information content (AvgIpc) is 3.16. The molecular weight excluding hydrogens is 270 g/mol. The lowest BCUT2D eigenvalue weighted by Gasteiger charge is -2.42. The van der Waals surface area contributed by atoms with Gasteiger partial charge in [-0.3, -0.25) is 9.69 Å². The van der Waals surface area contributed by atoms with Gasteiger partial charge in [0.2, 0.25) is 0 Å². The van der Waals surface area contributed by atoms with Crippen LogP contribution in [0.25, 0.3) is 0 Å². The molecule has 2 atom stereocenters. The Bertz CT molecular complexity index is 382. The van der Waals surface area contributed by atoms with Gasteiger partial charge in [0.1, 0.15) is 0 Å². The number of carboxylic acid groups (broad SMARTS) is 1. The third-order valence-corrected chi connectivity index (χ3v) is 4.83. The molecule has 0 aromatic heterocycles. The number of hydrogen-bond acceptors (Lipinski definition) is 3. The van der Waals surface area contributed by atoms with Gasteiger partial charge >= 0.3 is 12.0 Å². The van der Waals surface area contributed by atoms with Gasteiger partial charge in [-0.1, -0.05) is 20.3 Å². The van der Waals surface area contributed by atoms with Gasteiger partial charge in [-0.25, -0.2) is 4.79 Å². The summed E-state index contributed by atoms with van der Waals surface area (Å²) in [6.07, 6.45) is 4.13. The molecule has 3 N–H and O–H groups in total. The van der Waals surface area contributed by atoms with Gasteiger partial charge in [0.25, 0.3) is 0 Å². The minimum atomic E-state index is -0.791. The van der Waals surface area contributed by atoms with Crippen LogP contribution < -0.4 is 10.6 Å². The number of urea groups is 1. The van der Waals surface area contributed by atoms with Gasteiger partial charge in [-0.15, -0.1) is 0 Å². The summed E-state index contributed by atoms with van der Waals surface area (Å²) in [6, 6.07) is 0.379. The molecule has 2 saturated carbocycles. The lowest BCUT2D eigenvalue weighted by atomic mass is 9.85. The van der Waals surface area contributed by atoms with Crippen LogP contribution in [0.15, 0.2) is 0 Å². The standard InChI is InChI=1S/C15H27N3O3/c1-3-10-5-11(10)8-16-15(21)17-12-6-13(7-12)18(4-2)9-14(19)20/h10-13H,3-9H2,1-2H3,(H,19,20)(H2,16,17,21)/t10-,11+,12?,13?/m1/s1. The molecule has 2 fully saturated rings. The molecule has 2 rings (SSSR count). The molecule has 0 heterocycles. The molecule has 120 valence electrons. The molecule has 0 saturated heterocycles. The van der Waals surface area contributed by atoms with Crippen molar-refractivity contribution in [3.05, 3.63) is 0 Å². The topological polar surface area (TPSA) is 81.7 Å². The molecule has 0 bridgehead atoms. The fourth-order valence-corrected chi connectivity index (χ4v) is 3.20. The van der Waals surface area contributed by atoms with E-state index in [1.54, 1.807) is 0 Å². The Hall–Kier alpha value is -1.30. The monoisotopic (exact) mass is 297 g/mol. The first-order chi connectivity index (χ1) is 10.0. The molecule has 6 heteroatoms. The second kappa shape index (κ2) is 7.11. The van der Waals surface area contributed by atoms with E-state index in [-0.39, 0.29) is 24.7 Å². The van der Waals surface area contributed by atoms with E-state index >= 15 is 0 Å². The summed E-state index contributed by atoms with van der Waals surface area (Å²) in [5.74, 6) is 0.675. The van der Waals surface area contributed by atoms with Crippen LogP contribution in [-0.2, 0) is 4.79 Å². The number of hydrogen-bond donors (Lipinski definition) is 3. The van der Waals surface area contributed by atoms with Crippen LogP contribution in [0.1, 0.15) is 39.5 Å². The smallest absolute Gasteiger partial charge is 0.317 e. The van der Waals surface area contributed by atoms with Crippen LogP contribution >= 0.6 is 0 Å². The third-order valence-electron chi connectivity index (χ3n) is 4.83. The van der Waals surface area contributed by atoms with Crippen molar-refractivity contribution in [2.75, 3.05) is 19.6 Å². The van der Waals surface area contributed by atoms with Crippen molar-refractivity contribution < 1.29 is 14.7 Å². The van der Waals surface area contributed by atoms with Crippen LogP contribution in [0.5, 0.6) is 0 Å². The lowest BCUT2D eigenvalue weighted by molar-refractivity contribution is -0.139. The summed E-state index contributed by atoms with van der Waals surface area (Å²) < 4.78 is 0. The van der Waals surface area contributed by atoms with Crippen molar-refractivity contribution in [3.8, 4) is 0 Å². The Balaban J connectivity index is 1.59. The maximum Gasteiger partial charge on any atom is 0.317 e. The minimum Gasteiger partial charge on any atom is -0.480 e. The van der Waals surface area contributed by atoms with Crippen LogP contribution in [0.2, 0.25) is 0 Å². The fraction of sp³-hybridized carbons (Fsp3) is 0.867. The molecular formula is C15H27N3O3. The van der Waals surface area contributed by atoms with Crippen molar-refractivity contribution >= 4 is 12.0 Å². The van der Waals surface area contributed by atoms with E-state index in [9.17, 15) is 9.59 Å². The van der Waals surface area contributed by atoms with Gasteiger partial charge in [0.05, 0.1) is 6.54 Å². The Morgan fingerprint density at radius 3 is 2.43 bits per heavy atom. The van der Waals surface area contributed by atoms with E-state index in [0.29, 0.717) is 5.92 Å². The number of carbonyl (C=O) groups is 2. The van der Waals surface area contributed by atoms with Crippen LogP contribution in [0, 0.1) is 11.8 Å². The number of rotatable bonds is 8. The zero-order valence-corrected chi connectivity index (χ0v) is 13.0. The van der Waals surface area contributed by atoms with Gasteiger partial charge in [-0.05, 0) is 37.6 Å². The predicted octanol–water partition coefficient (Wildman–Crippen LogP) is 1.27. The molecule has 0 radical (unpaired) electrons. The zero-order valence-electron chi connectivity index (χ0n) is 13.0. The van der Waals surface area contributed by atoms with Crippen molar-refractivity contribution in [1.82, 2.24) is 15.5 Å². The highest BCUT2D eigenvalue weighted by atomic mass is 16.4. The van der Waals surface area contributed by atoms with Crippen molar-refractivity contribution in [1.29, 1.82) is 0 Å². The normalized spacial score (nSPS) is 30.6. The summed E-state index contributed by atoms with van der Waals surface area (Å²) >= 11 is 0. The summed E-state index contributed by atoms with van der Waals surface area (Å²) in [7, 11) is 0. The highest BCUT2D eigenvalue weighted by Crippen LogP contribution is 2.40. The molecule has 0 spiro atoms. The molecule has 0 aliphatic heterocycles. The van der Waals surface area contributed by atoms with E-state index < -0.39 is 5.97 Å². The SMILES string of the molecule is CC[C@@H]1C[C@H]1CNC(=O)NC1CC(N(CC)CC(=O)O)C1. The molecule has 0 aromatic rings. The van der Waals surface area contributed by atoms with Crippen LogP contribution in [-0.4, -0.2) is 53.7 Å². The highest BCUT2D eigenvalue weighted by molar-refractivity contribution is 5.74. The van der Waals surface area contributed by atoms with Crippen molar-refractivity contribution in [2.45, 2.75) is 51.6 Å². The Labute approximate surface area is 126 Å². The number of nitrogens with zero attached hydrogens (tertiary/aromatic N) is 1. The van der Waals surface area contributed by atoms with E-state index in [1.165, 1.54) is 12.8 Å². The summed E-state index contributed by atoms with van der Waals surface area (Å²) in [5.41, 5.74) is 0. The van der Waals surface area contributed by atoms with Crippen molar-refractivity contribution in [3.63, 3.8) is 0 Å². The first-order valence-corrected chi connectivity index (χ1v) is 8.03. The molecule has 0 aromatic carbocycles. The minimum absolute atomic E-state index is 0.0820. The second-order valence-corrected chi connectivity index (χ2v) is 6.30. The fourth-order valence-electron chi connectivity index (χ4n) is 3.20. The molecule has 0 unspecified atom stereocenters. The maximum atomic E-state index is 11.8. The first-order valence-electron chi connectivity index (χ1n) is 8.03. The number of likely N-dealkylation sites (N-methyl/N-ethyl adjacent to an activating group) is 1. The Morgan fingerprint density at radius 1 is 1.19 bits per heavy atom. The van der Waals surface area contributed by atoms with E-state index in [0.717, 1.165) is 31.8 Å². The van der Waals surface area contributed by atoms with Gasteiger partial charge in [0, 0.05) is 18.6 Å². The molecule has 21 heavy (non-hydrogen) atoms.